The van der Waals surface area contributed by atoms with Gasteiger partial charge in [-0.15, -0.1) is 0 Å². The Bertz CT molecular complexity index is 685. The summed E-state index contributed by atoms with van der Waals surface area (Å²) in [5.74, 6) is -0.976. The first kappa shape index (κ1) is 15.2. The van der Waals surface area contributed by atoms with Gasteiger partial charge < -0.3 is 11.1 Å². The Kier molecular flexibility index (Phi) is 4.12. The largest absolute Gasteiger partial charge is 0.364 e. The van der Waals surface area contributed by atoms with E-state index in [1.807, 2.05) is 6.92 Å². The van der Waals surface area contributed by atoms with Gasteiger partial charge >= 0.3 is 0 Å². The molecule has 21 heavy (non-hydrogen) atoms. The molecule has 2 aromatic rings. The molecule has 2 rings (SSSR count). The second kappa shape index (κ2) is 5.68. The van der Waals surface area contributed by atoms with Crippen LogP contribution in [0.3, 0.4) is 0 Å². The standard InChI is InChI=1S/C12H15BrN6O2/c1-6-8(13)5-19(17-6)7(2)12(21)16-9-4-15-18(3)10(9)11(14)20/h4-5,7H,1-3H3,(H2,14,20)(H,16,21). The summed E-state index contributed by atoms with van der Waals surface area (Å²) in [6.45, 7) is 3.53. The molecule has 0 aromatic carbocycles. The third-order valence-electron chi connectivity index (χ3n) is 3.06. The molecule has 2 aromatic heterocycles. The number of amides is 2. The molecule has 0 spiro atoms. The fraction of sp³-hybridized carbons (Fsp3) is 0.333. The molecule has 0 aliphatic rings. The Labute approximate surface area is 129 Å². The number of aryl methyl sites for hydroxylation is 2. The van der Waals surface area contributed by atoms with Crippen molar-refractivity contribution in [3.05, 3.63) is 28.3 Å². The number of nitrogens with one attached hydrogen (secondary N) is 1. The Morgan fingerprint density at radius 3 is 2.67 bits per heavy atom. The topological polar surface area (TPSA) is 108 Å². The van der Waals surface area contributed by atoms with Crippen LogP contribution >= 0.6 is 15.9 Å². The van der Waals surface area contributed by atoms with Gasteiger partial charge in [0.05, 0.1) is 22.1 Å². The summed E-state index contributed by atoms with van der Waals surface area (Å²) in [5, 5.41) is 10.8. The number of nitrogens with zero attached hydrogens (tertiary/aromatic N) is 4. The summed E-state index contributed by atoms with van der Waals surface area (Å²) in [6, 6.07) is -0.545. The second-order valence-corrected chi connectivity index (χ2v) is 5.46. The molecule has 0 radical (unpaired) electrons. The molecule has 1 unspecified atom stereocenters. The lowest BCUT2D eigenvalue weighted by Crippen LogP contribution is -2.26. The molecule has 0 saturated heterocycles. The summed E-state index contributed by atoms with van der Waals surface area (Å²) in [6.07, 6.45) is 3.10. The highest BCUT2D eigenvalue weighted by Crippen LogP contribution is 2.19. The third kappa shape index (κ3) is 2.97. The number of carbonyl (C=O) groups excluding carboxylic acids is 2. The number of anilines is 1. The molecule has 3 N–H and O–H groups in total. The van der Waals surface area contributed by atoms with Crippen LogP contribution < -0.4 is 11.1 Å². The predicted octanol–water partition coefficient (Wildman–Crippen LogP) is 0.986. The lowest BCUT2D eigenvalue weighted by molar-refractivity contribution is -0.119. The van der Waals surface area contributed by atoms with E-state index in [1.54, 1.807) is 20.2 Å². The van der Waals surface area contributed by atoms with Crippen LogP contribution in [-0.2, 0) is 11.8 Å². The van der Waals surface area contributed by atoms with Crippen molar-refractivity contribution in [1.29, 1.82) is 0 Å². The van der Waals surface area contributed by atoms with Gasteiger partial charge in [-0.1, -0.05) is 0 Å². The highest BCUT2D eigenvalue weighted by Gasteiger charge is 2.21. The monoisotopic (exact) mass is 354 g/mol. The lowest BCUT2D eigenvalue weighted by Gasteiger charge is -2.12. The zero-order valence-electron chi connectivity index (χ0n) is 11.8. The fourth-order valence-electron chi connectivity index (χ4n) is 1.84. The minimum atomic E-state index is -0.657. The molecule has 8 nitrogen and oxygen atoms in total. The minimum absolute atomic E-state index is 0.147. The molecule has 0 bridgehead atoms. The first-order chi connectivity index (χ1) is 9.81. The Balaban J connectivity index is 2.20. The van der Waals surface area contributed by atoms with Gasteiger partial charge in [0.2, 0.25) is 5.91 Å². The Morgan fingerprint density at radius 1 is 1.48 bits per heavy atom. The summed E-state index contributed by atoms with van der Waals surface area (Å²) < 4.78 is 3.67. The van der Waals surface area contributed by atoms with Gasteiger partial charge in [0.15, 0.2) is 0 Å². The number of aromatic nitrogens is 4. The highest BCUT2D eigenvalue weighted by molar-refractivity contribution is 9.10. The van der Waals surface area contributed by atoms with Crippen LogP contribution in [-0.4, -0.2) is 31.4 Å². The molecule has 2 amide bonds. The summed E-state index contributed by atoms with van der Waals surface area (Å²) in [4.78, 5) is 23.6. The maximum Gasteiger partial charge on any atom is 0.269 e. The number of primary amides is 1. The van der Waals surface area contributed by atoms with Gasteiger partial charge in [-0.2, -0.15) is 10.2 Å². The fourth-order valence-corrected chi connectivity index (χ4v) is 2.13. The van der Waals surface area contributed by atoms with Gasteiger partial charge in [0.25, 0.3) is 5.91 Å². The van der Waals surface area contributed by atoms with E-state index in [2.05, 4.69) is 31.4 Å². The molecule has 2 heterocycles. The molecule has 1 atom stereocenters. The molecular formula is C12H15BrN6O2. The average Bonchev–Trinajstić information content (AvgIpc) is 2.92. The molecule has 9 heteroatoms. The molecule has 0 saturated carbocycles. The van der Waals surface area contributed by atoms with Crippen molar-refractivity contribution in [3.8, 4) is 0 Å². The van der Waals surface area contributed by atoms with Crippen molar-refractivity contribution >= 4 is 33.4 Å². The summed E-state index contributed by atoms with van der Waals surface area (Å²) in [7, 11) is 1.58. The van der Waals surface area contributed by atoms with E-state index in [-0.39, 0.29) is 17.3 Å². The van der Waals surface area contributed by atoms with E-state index in [1.165, 1.54) is 15.6 Å². The lowest BCUT2D eigenvalue weighted by atomic mass is 10.3. The molecule has 112 valence electrons. The second-order valence-electron chi connectivity index (χ2n) is 4.60. The van der Waals surface area contributed by atoms with Crippen LogP contribution in [0.5, 0.6) is 0 Å². The van der Waals surface area contributed by atoms with Gasteiger partial charge in [-0.05, 0) is 29.8 Å². The third-order valence-corrected chi connectivity index (χ3v) is 3.84. The Hall–Kier alpha value is -2.16. The van der Waals surface area contributed by atoms with E-state index < -0.39 is 11.9 Å². The van der Waals surface area contributed by atoms with Crippen LogP contribution in [0.4, 0.5) is 5.69 Å². The SMILES string of the molecule is Cc1nn(C(C)C(=O)Nc2cnn(C)c2C(N)=O)cc1Br. The van der Waals surface area contributed by atoms with Crippen molar-refractivity contribution in [3.63, 3.8) is 0 Å². The molecule has 0 aliphatic heterocycles. The van der Waals surface area contributed by atoms with Crippen molar-refractivity contribution < 1.29 is 9.59 Å². The van der Waals surface area contributed by atoms with Crippen LogP contribution in [0.25, 0.3) is 0 Å². The number of hydrogen-bond acceptors (Lipinski definition) is 4. The quantitative estimate of drug-likeness (QED) is 0.852. The van der Waals surface area contributed by atoms with Gasteiger partial charge in [-0.3, -0.25) is 19.0 Å². The number of carbonyl (C=O) groups is 2. The van der Waals surface area contributed by atoms with Crippen LogP contribution in [0.2, 0.25) is 0 Å². The van der Waals surface area contributed by atoms with Crippen LogP contribution in [0, 0.1) is 6.92 Å². The molecular weight excluding hydrogens is 340 g/mol. The molecule has 0 fully saturated rings. The van der Waals surface area contributed by atoms with Crippen molar-refractivity contribution in [2.24, 2.45) is 12.8 Å². The van der Waals surface area contributed by atoms with Crippen LogP contribution in [0.1, 0.15) is 29.1 Å². The van der Waals surface area contributed by atoms with E-state index >= 15 is 0 Å². The van der Waals surface area contributed by atoms with Gasteiger partial charge in [0.1, 0.15) is 11.7 Å². The Morgan fingerprint density at radius 2 is 2.14 bits per heavy atom. The van der Waals surface area contributed by atoms with E-state index in [0.29, 0.717) is 0 Å². The number of hydrogen-bond donors (Lipinski definition) is 2. The van der Waals surface area contributed by atoms with Crippen molar-refractivity contribution in [2.45, 2.75) is 19.9 Å². The summed E-state index contributed by atoms with van der Waals surface area (Å²) in [5.41, 5.74) is 6.49. The van der Waals surface area contributed by atoms with Crippen LogP contribution in [0.15, 0.2) is 16.9 Å². The zero-order chi connectivity index (χ0) is 15.7. The zero-order valence-corrected chi connectivity index (χ0v) is 13.4. The highest BCUT2D eigenvalue weighted by atomic mass is 79.9. The average molecular weight is 355 g/mol. The number of nitrogens with two attached hydrogens (primary N) is 1. The van der Waals surface area contributed by atoms with E-state index in [4.69, 9.17) is 5.73 Å². The first-order valence-corrected chi connectivity index (χ1v) is 6.94. The normalized spacial score (nSPS) is 12.2. The van der Waals surface area contributed by atoms with Gasteiger partial charge in [0, 0.05) is 13.2 Å². The van der Waals surface area contributed by atoms with E-state index in [0.717, 1.165) is 10.2 Å². The predicted molar refractivity (Wildman–Crippen MR) is 79.7 cm³/mol. The summed E-state index contributed by atoms with van der Waals surface area (Å²) >= 11 is 3.34. The van der Waals surface area contributed by atoms with Gasteiger partial charge in [-0.25, -0.2) is 0 Å². The first-order valence-electron chi connectivity index (χ1n) is 6.15. The smallest absolute Gasteiger partial charge is 0.269 e. The minimum Gasteiger partial charge on any atom is -0.364 e. The maximum atomic E-state index is 12.2. The van der Waals surface area contributed by atoms with Crippen molar-refractivity contribution in [2.75, 3.05) is 5.32 Å². The van der Waals surface area contributed by atoms with E-state index in [9.17, 15) is 9.59 Å². The van der Waals surface area contributed by atoms with Crippen molar-refractivity contribution in [1.82, 2.24) is 19.6 Å². The maximum absolute atomic E-state index is 12.2. The number of rotatable bonds is 4. The molecule has 0 aliphatic carbocycles. The number of halogens is 1.